The number of ether oxygens (including phenoxy) is 2. The number of halogens is 1. The number of rotatable bonds is 3. The van der Waals surface area contributed by atoms with E-state index in [1.807, 2.05) is 0 Å². The minimum absolute atomic E-state index is 0.123. The van der Waals surface area contributed by atoms with Crippen LogP contribution in [-0.2, 0) is 9.47 Å². The molecule has 0 radical (unpaired) electrons. The van der Waals surface area contributed by atoms with Crippen molar-refractivity contribution in [3.63, 3.8) is 0 Å². The maximum Gasteiger partial charge on any atom is 0.414 e. The summed E-state index contributed by atoms with van der Waals surface area (Å²) in [6.45, 7) is 0.921. The van der Waals surface area contributed by atoms with Crippen LogP contribution in [0.1, 0.15) is 0 Å². The minimum atomic E-state index is -0.609. The van der Waals surface area contributed by atoms with Crippen molar-refractivity contribution < 1.29 is 23.5 Å². The molecular formula is C13H14FN3O4. The van der Waals surface area contributed by atoms with Crippen LogP contribution in [0.15, 0.2) is 18.2 Å². The normalized spacial score (nSPS) is 21.7. The van der Waals surface area contributed by atoms with Gasteiger partial charge in [0.05, 0.1) is 24.0 Å². The Morgan fingerprint density at radius 2 is 2.10 bits per heavy atom. The molecular weight excluding hydrogens is 281 g/mol. The second-order valence-corrected chi connectivity index (χ2v) is 4.74. The second-order valence-electron chi connectivity index (χ2n) is 4.74. The van der Waals surface area contributed by atoms with Gasteiger partial charge in [0.25, 0.3) is 0 Å². The SMILES string of the molecule is NC[C@@H]1COC(=O)N1c1ccc(N2CCOC2=O)c(F)c1. The van der Waals surface area contributed by atoms with Gasteiger partial charge in [-0.15, -0.1) is 0 Å². The monoisotopic (exact) mass is 295 g/mol. The summed E-state index contributed by atoms with van der Waals surface area (Å²) in [5.74, 6) is -0.609. The van der Waals surface area contributed by atoms with Gasteiger partial charge in [-0.3, -0.25) is 9.80 Å². The van der Waals surface area contributed by atoms with Crippen LogP contribution in [0.4, 0.5) is 25.4 Å². The lowest BCUT2D eigenvalue weighted by Crippen LogP contribution is -2.39. The number of nitrogens with two attached hydrogens (primary N) is 1. The summed E-state index contributed by atoms with van der Waals surface area (Å²) in [5, 5.41) is 0. The van der Waals surface area contributed by atoms with Crippen molar-refractivity contribution in [1.82, 2.24) is 0 Å². The lowest BCUT2D eigenvalue weighted by Gasteiger charge is -2.21. The lowest BCUT2D eigenvalue weighted by molar-refractivity contribution is 0.178. The summed E-state index contributed by atoms with van der Waals surface area (Å²) < 4.78 is 23.9. The Bertz CT molecular complexity index is 595. The van der Waals surface area contributed by atoms with E-state index in [1.165, 1.54) is 21.9 Å². The summed E-state index contributed by atoms with van der Waals surface area (Å²) in [7, 11) is 0. The summed E-state index contributed by atoms with van der Waals surface area (Å²) in [6, 6.07) is 3.87. The van der Waals surface area contributed by atoms with E-state index in [0.717, 1.165) is 0 Å². The number of amides is 2. The van der Waals surface area contributed by atoms with Crippen LogP contribution in [0.3, 0.4) is 0 Å². The van der Waals surface area contributed by atoms with Crippen molar-refractivity contribution in [2.45, 2.75) is 6.04 Å². The first-order chi connectivity index (χ1) is 10.1. The number of cyclic esters (lactones) is 2. The average Bonchev–Trinajstić information content (AvgIpc) is 3.04. The largest absolute Gasteiger partial charge is 0.447 e. The predicted octanol–water partition coefficient (Wildman–Crippen LogP) is 1.07. The van der Waals surface area contributed by atoms with Gasteiger partial charge >= 0.3 is 12.2 Å². The second kappa shape index (κ2) is 5.21. The fourth-order valence-electron chi connectivity index (χ4n) is 2.43. The van der Waals surface area contributed by atoms with Gasteiger partial charge in [-0.2, -0.15) is 0 Å². The molecule has 0 saturated carbocycles. The highest BCUT2D eigenvalue weighted by atomic mass is 19.1. The summed E-state index contributed by atoms with van der Waals surface area (Å²) >= 11 is 0. The first-order valence-corrected chi connectivity index (χ1v) is 6.51. The van der Waals surface area contributed by atoms with Crippen molar-refractivity contribution in [2.24, 2.45) is 5.73 Å². The van der Waals surface area contributed by atoms with Gasteiger partial charge in [0.15, 0.2) is 0 Å². The van der Waals surface area contributed by atoms with Gasteiger partial charge in [0.2, 0.25) is 0 Å². The molecule has 0 aromatic heterocycles. The molecule has 2 saturated heterocycles. The predicted molar refractivity (Wildman–Crippen MR) is 71.8 cm³/mol. The highest BCUT2D eigenvalue weighted by Gasteiger charge is 2.34. The number of nitrogens with zero attached hydrogens (tertiary/aromatic N) is 2. The van der Waals surface area contributed by atoms with Crippen LogP contribution < -0.4 is 15.5 Å². The molecule has 0 bridgehead atoms. The zero-order valence-electron chi connectivity index (χ0n) is 11.1. The third-order valence-corrected chi connectivity index (χ3v) is 3.49. The molecule has 2 fully saturated rings. The van der Waals surface area contributed by atoms with Crippen LogP contribution in [0, 0.1) is 5.82 Å². The molecule has 3 rings (SSSR count). The average molecular weight is 295 g/mol. The molecule has 0 aliphatic carbocycles. The molecule has 21 heavy (non-hydrogen) atoms. The maximum absolute atomic E-state index is 14.2. The molecule has 0 spiro atoms. The first-order valence-electron chi connectivity index (χ1n) is 6.51. The number of carbonyl (C=O) groups excluding carboxylic acids is 2. The van der Waals surface area contributed by atoms with E-state index >= 15 is 0 Å². The fourth-order valence-corrected chi connectivity index (χ4v) is 2.43. The summed E-state index contributed by atoms with van der Waals surface area (Å²) in [4.78, 5) is 25.7. The van der Waals surface area contributed by atoms with E-state index in [4.69, 9.17) is 15.2 Å². The van der Waals surface area contributed by atoms with Crippen LogP contribution in [0.5, 0.6) is 0 Å². The molecule has 2 heterocycles. The van der Waals surface area contributed by atoms with E-state index in [2.05, 4.69) is 0 Å². The van der Waals surface area contributed by atoms with E-state index in [0.29, 0.717) is 12.2 Å². The Morgan fingerprint density at radius 3 is 2.71 bits per heavy atom. The van der Waals surface area contributed by atoms with Crippen LogP contribution in [0.25, 0.3) is 0 Å². The van der Waals surface area contributed by atoms with Crippen LogP contribution >= 0.6 is 0 Å². The number of anilines is 2. The van der Waals surface area contributed by atoms with Gasteiger partial charge < -0.3 is 15.2 Å². The zero-order valence-corrected chi connectivity index (χ0v) is 11.1. The third kappa shape index (κ3) is 2.27. The Morgan fingerprint density at radius 1 is 1.29 bits per heavy atom. The van der Waals surface area contributed by atoms with Crippen molar-refractivity contribution in [1.29, 1.82) is 0 Å². The molecule has 112 valence electrons. The van der Waals surface area contributed by atoms with Gasteiger partial charge in [-0.25, -0.2) is 14.0 Å². The van der Waals surface area contributed by atoms with Crippen molar-refractivity contribution in [2.75, 3.05) is 36.1 Å². The molecule has 8 heteroatoms. The number of hydrogen-bond donors (Lipinski definition) is 1. The fraction of sp³-hybridized carbons (Fsp3) is 0.385. The molecule has 1 aromatic carbocycles. The quantitative estimate of drug-likeness (QED) is 0.901. The van der Waals surface area contributed by atoms with Gasteiger partial charge in [-0.1, -0.05) is 0 Å². The van der Waals surface area contributed by atoms with E-state index < -0.39 is 18.0 Å². The minimum Gasteiger partial charge on any atom is -0.447 e. The molecule has 2 aliphatic heterocycles. The summed E-state index contributed by atoms with van der Waals surface area (Å²) in [5.41, 5.74) is 6.04. The molecule has 7 nitrogen and oxygen atoms in total. The standard InChI is InChI=1S/C13H14FN3O4/c14-10-5-8(17-9(6-15)7-21-13(17)19)1-2-11(10)16-3-4-20-12(16)18/h1-2,5,9H,3-4,6-7,15H2/t9-/m1/s1. The van der Waals surface area contributed by atoms with Gasteiger partial charge in [0.1, 0.15) is 19.0 Å². The number of benzene rings is 1. The van der Waals surface area contributed by atoms with E-state index in [9.17, 15) is 14.0 Å². The Labute approximate surface area is 120 Å². The molecule has 2 amide bonds. The molecule has 2 aliphatic rings. The Balaban J connectivity index is 1.90. The molecule has 2 N–H and O–H groups in total. The van der Waals surface area contributed by atoms with Crippen LogP contribution in [0.2, 0.25) is 0 Å². The number of hydrogen-bond acceptors (Lipinski definition) is 5. The van der Waals surface area contributed by atoms with Crippen molar-refractivity contribution >= 4 is 23.6 Å². The highest BCUT2D eigenvalue weighted by Crippen LogP contribution is 2.29. The Kier molecular flexibility index (Phi) is 3.38. The molecule has 1 atom stereocenters. The van der Waals surface area contributed by atoms with Crippen molar-refractivity contribution in [3.05, 3.63) is 24.0 Å². The number of carbonyl (C=O) groups is 2. The molecule has 1 aromatic rings. The lowest BCUT2D eigenvalue weighted by atomic mass is 10.2. The van der Waals surface area contributed by atoms with Crippen LogP contribution in [-0.4, -0.2) is 44.5 Å². The maximum atomic E-state index is 14.2. The van der Waals surface area contributed by atoms with Gasteiger partial charge in [0, 0.05) is 6.54 Å². The topological polar surface area (TPSA) is 85.1 Å². The third-order valence-electron chi connectivity index (χ3n) is 3.49. The smallest absolute Gasteiger partial charge is 0.414 e. The van der Waals surface area contributed by atoms with Crippen molar-refractivity contribution in [3.8, 4) is 0 Å². The zero-order chi connectivity index (χ0) is 15.0. The van der Waals surface area contributed by atoms with E-state index in [1.54, 1.807) is 6.07 Å². The highest BCUT2D eigenvalue weighted by molar-refractivity contribution is 5.92. The Hall–Kier alpha value is -2.35. The first kappa shape index (κ1) is 13.6. The summed E-state index contributed by atoms with van der Waals surface area (Å²) in [6.07, 6.45) is -1.14. The van der Waals surface area contributed by atoms with E-state index in [-0.39, 0.29) is 31.5 Å². The van der Waals surface area contributed by atoms with Gasteiger partial charge in [-0.05, 0) is 18.2 Å². The molecule has 0 unspecified atom stereocenters.